The van der Waals surface area contributed by atoms with Crippen LogP contribution in [0.1, 0.15) is 37.3 Å². The summed E-state index contributed by atoms with van der Waals surface area (Å²) >= 11 is 0. The molecule has 2 aromatic carbocycles. The molecule has 0 spiro atoms. The lowest BCUT2D eigenvalue weighted by Gasteiger charge is -2.11. The molecule has 1 amide bonds. The number of hydrogen-bond donors (Lipinski definition) is 1. The fraction of sp³-hybridized carbons (Fsp3) is 0.263. The van der Waals surface area contributed by atoms with Gasteiger partial charge >= 0.3 is 0 Å². The van der Waals surface area contributed by atoms with Crippen molar-refractivity contribution in [2.75, 3.05) is 11.9 Å². The predicted octanol–water partition coefficient (Wildman–Crippen LogP) is 4.09. The van der Waals surface area contributed by atoms with E-state index >= 15 is 0 Å². The number of carbonyl (C=O) groups excluding carboxylic acids is 1. The molecule has 0 aromatic heterocycles. The highest BCUT2D eigenvalue weighted by atomic mass is 16.5. The summed E-state index contributed by atoms with van der Waals surface area (Å²) in [6, 6.07) is 16.6. The molecule has 0 saturated heterocycles. The third-order valence-corrected chi connectivity index (χ3v) is 3.73. The Kier molecular flexibility index (Phi) is 5.76. The van der Waals surface area contributed by atoms with Gasteiger partial charge in [-0.05, 0) is 54.3 Å². The SMILES string of the molecule is CC[C@H](C)c1ccc(OCC(=O)Nc2ccc(C#N)cc2)cc1. The van der Waals surface area contributed by atoms with Crippen molar-refractivity contribution in [3.63, 3.8) is 0 Å². The van der Waals surface area contributed by atoms with Crippen molar-refractivity contribution in [3.05, 3.63) is 59.7 Å². The number of anilines is 1. The third-order valence-electron chi connectivity index (χ3n) is 3.73. The van der Waals surface area contributed by atoms with Gasteiger partial charge in [0, 0.05) is 5.69 Å². The van der Waals surface area contributed by atoms with Crippen LogP contribution in [-0.2, 0) is 4.79 Å². The number of nitrogens with one attached hydrogen (secondary N) is 1. The van der Waals surface area contributed by atoms with Crippen LogP contribution in [0.2, 0.25) is 0 Å². The molecule has 0 aliphatic rings. The van der Waals surface area contributed by atoms with E-state index in [2.05, 4.69) is 19.2 Å². The minimum Gasteiger partial charge on any atom is -0.484 e. The topological polar surface area (TPSA) is 62.1 Å². The van der Waals surface area contributed by atoms with Gasteiger partial charge in [0.05, 0.1) is 11.6 Å². The van der Waals surface area contributed by atoms with Gasteiger partial charge in [-0.1, -0.05) is 26.0 Å². The summed E-state index contributed by atoms with van der Waals surface area (Å²) in [5.74, 6) is 0.955. The minimum atomic E-state index is -0.235. The number of benzene rings is 2. The van der Waals surface area contributed by atoms with Crippen molar-refractivity contribution in [2.24, 2.45) is 0 Å². The van der Waals surface area contributed by atoms with E-state index in [0.29, 0.717) is 22.9 Å². The molecule has 4 nitrogen and oxygen atoms in total. The van der Waals surface area contributed by atoms with Crippen LogP contribution >= 0.6 is 0 Å². The molecule has 0 radical (unpaired) electrons. The molecular formula is C19H20N2O2. The number of amides is 1. The summed E-state index contributed by atoms with van der Waals surface area (Å²) in [6.07, 6.45) is 1.09. The molecule has 2 aromatic rings. The lowest BCUT2D eigenvalue weighted by atomic mass is 9.99. The Labute approximate surface area is 136 Å². The van der Waals surface area contributed by atoms with Gasteiger partial charge in [-0.15, -0.1) is 0 Å². The van der Waals surface area contributed by atoms with E-state index in [4.69, 9.17) is 10.00 Å². The summed E-state index contributed by atoms with van der Waals surface area (Å²) in [5.41, 5.74) is 2.47. The van der Waals surface area contributed by atoms with Crippen molar-refractivity contribution in [3.8, 4) is 11.8 Å². The van der Waals surface area contributed by atoms with Gasteiger partial charge in [-0.25, -0.2) is 0 Å². The molecule has 2 rings (SSSR count). The number of nitriles is 1. The number of hydrogen-bond acceptors (Lipinski definition) is 3. The molecule has 0 aliphatic carbocycles. The number of nitrogens with zero attached hydrogens (tertiary/aromatic N) is 1. The van der Waals surface area contributed by atoms with Crippen LogP contribution in [0.5, 0.6) is 5.75 Å². The van der Waals surface area contributed by atoms with Gasteiger partial charge in [0.25, 0.3) is 5.91 Å². The molecule has 118 valence electrons. The Balaban J connectivity index is 1.85. The van der Waals surface area contributed by atoms with Crippen molar-refractivity contribution >= 4 is 11.6 Å². The summed E-state index contributed by atoms with van der Waals surface area (Å²) < 4.78 is 5.49. The van der Waals surface area contributed by atoms with Crippen molar-refractivity contribution < 1.29 is 9.53 Å². The number of carbonyl (C=O) groups is 1. The van der Waals surface area contributed by atoms with Gasteiger partial charge in [-0.3, -0.25) is 4.79 Å². The molecule has 0 heterocycles. The Morgan fingerprint density at radius 2 is 1.83 bits per heavy atom. The standard InChI is InChI=1S/C19H20N2O2/c1-3-14(2)16-6-10-18(11-7-16)23-13-19(22)21-17-8-4-15(12-20)5-9-17/h4-11,14H,3,13H2,1-2H3,(H,21,22)/t14-/m0/s1. The normalized spacial score (nSPS) is 11.3. The Morgan fingerprint density at radius 3 is 2.39 bits per heavy atom. The molecule has 0 bridgehead atoms. The van der Waals surface area contributed by atoms with Gasteiger partial charge in [-0.2, -0.15) is 5.26 Å². The van der Waals surface area contributed by atoms with Crippen molar-refractivity contribution in [1.82, 2.24) is 0 Å². The van der Waals surface area contributed by atoms with E-state index in [9.17, 15) is 4.79 Å². The molecule has 4 heteroatoms. The van der Waals surface area contributed by atoms with Gasteiger partial charge in [0.1, 0.15) is 5.75 Å². The molecule has 0 saturated carbocycles. The van der Waals surface area contributed by atoms with Crippen LogP contribution in [0.3, 0.4) is 0 Å². The number of rotatable bonds is 6. The molecule has 1 atom stereocenters. The van der Waals surface area contributed by atoms with Gasteiger partial charge in [0.2, 0.25) is 0 Å². The molecular weight excluding hydrogens is 288 g/mol. The first-order valence-electron chi connectivity index (χ1n) is 7.65. The second kappa shape index (κ2) is 8.00. The lowest BCUT2D eigenvalue weighted by Crippen LogP contribution is -2.20. The van der Waals surface area contributed by atoms with Crippen molar-refractivity contribution in [1.29, 1.82) is 5.26 Å². The molecule has 0 fully saturated rings. The molecule has 0 unspecified atom stereocenters. The second-order valence-electron chi connectivity index (χ2n) is 5.40. The maximum Gasteiger partial charge on any atom is 0.262 e. The van der Waals surface area contributed by atoms with Gasteiger partial charge in [0.15, 0.2) is 6.61 Å². The van der Waals surface area contributed by atoms with E-state index in [-0.39, 0.29) is 12.5 Å². The van der Waals surface area contributed by atoms with E-state index < -0.39 is 0 Å². The summed E-state index contributed by atoms with van der Waals surface area (Å²) in [4.78, 5) is 11.9. The summed E-state index contributed by atoms with van der Waals surface area (Å²) in [6.45, 7) is 4.28. The highest BCUT2D eigenvalue weighted by molar-refractivity contribution is 5.91. The van der Waals surface area contributed by atoms with E-state index in [1.807, 2.05) is 30.3 Å². The fourth-order valence-corrected chi connectivity index (χ4v) is 2.10. The predicted molar refractivity (Wildman–Crippen MR) is 90.4 cm³/mol. The summed E-state index contributed by atoms with van der Waals surface area (Å²) in [5, 5.41) is 11.5. The van der Waals surface area contributed by atoms with Gasteiger partial charge < -0.3 is 10.1 Å². The van der Waals surface area contributed by atoms with Crippen LogP contribution in [0.15, 0.2) is 48.5 Å². The maximum atomic E-state index is 11.9. The van der Waals surface area contributed by atoms with Crippen LogP contribution in [0.4, 0.5) is 5.69 Å². The Morgan fingerprint density at radius 1 is 1.17 bits per heavy atom. The molecule has 23 heavy (non-hydrogen) atoms. The van der Waals surface area contributed by atoms with Crippen LogP contribution in [-0.4, -0.2) is 12.5 Å². The second-order valence-corrected chi connectivity index (χ2v) is 5.40. The largest absolute Gasteiger partial charge is 0.484 e. The van der Waals surface area contributed by atoms with Crippen molar-refractivity contribution in [2.45, 2.75) is 26.2 Å². The average Bonchev–Trinajstić information content (AvgIpc) is 2.60. The van der Waals surface area contributed by atoms with Crippen LogP contribution < -0.4 is 10.1 Å². The maximum absolute atomic E-state index is 11.9. The zero-order valence-electron chi connectivity index (χ0n) is 13.4. The fourth-order valence-electron chi connectivity index (χ4n) is 2.10. The first-order chi connectivity index (χ1) is 11.1. The Hall–Kier alpha value is -2.80. The summed E-state index contributed by atoms with van der Waals surface area (Å²) in [7, 11) is 0. The average molecular weight is 308 g/mol. The Bertz CT molecular complexity index is 685. The smallest absolute Gasteiger partial charge is 0.262 e. The monoisotopic (exact) mass is 308 g/mol. The first-order valence-corrected chi connectivity index (χ1v) is 7.65. The third kappa shape index (κ3) is 4.86. The molecule has 0 aliphatic heterocycles. The quantitative estimate of drug-likeness (QED) is 0.874. The zero-order valence-corrected chi connectivity index (χ0v) is 13.4. The molecule has 1 N–H and O–H groups in total. The lowest BCUT2D eigenvalue weighted by molar-refractivity contribution is -0.118. The highest BCUT2D eigenvalue weighted by Crippen LogP contribution is 2.21. The number of ether oxygens (including phenoxy) is 1. The van der Waals surface area contributed by atoms with Crippen LogP contribution in [0.25, 0.3) is 0 Å². The van der Waals surface area contributed by atoms with E-state index in [1.54, 1.807) is 24.3 Å². The first kappa shape index (κ1) is 16.6. The zero-order chi connectivity index (χ0) is 16.7. The van der Waals surface area contributed by atoms with Crippen LogP contribution in [0, 0.1) is 11.3 Å². The van der Waals surface area contributed by atoms with E-state index in [1.165, 1.54) is 5.56 Å². The van der Waals surface area contributed by atoms with E-state index in [0.717, 1.165) is 6.42 Å². The minimum absolute atomic E-state index is 0.0529. The highest BCUT2D eigenvalue weighted by Gasteiger charge is 2.06.